The maximum Gasteiger partial charge on any atom is 0.225 e. The number of hydrogen-bond acceptors (Lipinski definition) is 3. The van der Waals surface area contributed by atoms with Crippen LogP contribution in [-0.4, -0.2) is 24.7 Å². The first-order valence-electron chi connectivity index (χ1n) is 7.18. The Balaban J connectivity index is 4.39. The van der Waals surface area contributed by atoms with E-state index in [9.17, 15) is 9.59 Å². The van der Waals surface area contributed by atoms with Crippen molar-refractivity contribution in [1.82, 2.24) is 10.6 Å². The Labute approximate surface area is 127 Å². The minimum absolute atomic E-state index is 0.0709. The van der Waals surface area contributed by atoms with Crippen molar-refractivity contribution in [3.63, 3.8) is 0 Å². The van der Waals surface area contributed by atoms with Crippen molar-refractivity contribution in [2.75, 3.05) is 7.05 Å². The van der Waals surface area contributed by atoms with Crippen LogP contribution in [0.25, 0.3) is 0 Å². The summed E-state index contributed by atoms with van der Waals surface area (Å²) in [5.74, 6) is 0.880. The second kappa shape index (κ2) is 9.91. The average Bonchev–Trinajstić information content (AvgIpc) is 2.32. The third-order valence-electron chi connectivity index (χ3n) is 2.44. The monoisotopic (exact) mass is 293 g/mol. The van der Waals surface area contributed by atoms with Crippen LogP contribution in [0, 0.1) is 11.8 Å². The third kappa shape index (κ3) is 10.5. The first-order valence-corrected chi connectivity index (χ1v) is 7.18. The topological polar surface area (TPSA) is 70.6 Å². The fourth-order valence-electron chi connectivity index (χ4n) is 1.56. The van der Waals surface area contributed by atoms with Crippen LogP contribution in [0.4, 0.5) is 0 Å². The summed E-state index contributed by atoms with van der Waals surface area (Å²) in [5.41, 5.74) is 0.472. The lowest BCUT2D eigenvalue weighted by molar-refractivity contribution is -0.121. The largest absolute Gasteiger partial charge is 0.327 e. The number of carbonyl (C=O) groups is 2. The summed E-state index contributed by atoms with van der Waals surface area (Å²) < 4.78 is 0. The fourth-order valence-corrected chi connectivity index (χ4v) is 1.56. The molecule has 0 aliphatic carbocycles. The molecule has 5 nitrogen and oxygen atoms in total. The van der Waals surface area contributed by atoms with E-state index in [1.54, 1.807) is 19.2 Å². The summed E-state index contributed by atoms with van der Waals surface area (Å²) in [4.78, 5) is 27.2. The smallest absolute Gasteiger partial charge is 0.225 e. The Kier molecular flexibility index (Phi) is 9.01. The van der Waals surface area contributed by atoms with Gasteiger partial charge in [-0.05, 0) is 24.0 Å². The SMILES string of the molecule is C=C(/C=C\C(=NC)NC(=O)CC(C)C)NC(=O)CC(C)C. The third-order valence-corrected chi connectivity index (χ3v) is 2.44. The zero-order valence-electron chi connectivity index (χ0n) is 13.7. The molecular formula is C16H27N3O2. The zero-order valence-corrected chi connectivity index (χ0v) is 13.7. The Hall–Kier alpha value is -1.91. The van der Waals surface area contributed by atoms with E-state index >= 15 is 0 Å². The van der Waals surface area contributed by atoms with Gasteiger partial charge in [0.15, 0.2) is 0 Å². The molecule has 0 bridgehead atoms. The Morgan fingerprint density at radius 1 is 1.00 bits per heavy atom. The molecule has 2 amide bonds. The van der Waals surface area contributed by atoms with Crippen molar-refractivity contribution in [3.8, 4) is 0 Å². The molecule has 0 aromatic heterocycles. The summed E-state index contributed by atoms with van der Waals surface area (Å²) in [6.45, 7) is 11.7. The van der Waals surface area contributed by atoms with Gasteiger partial charge in [-0.15, -0.1) is 0 Å². The summed E-state index contributed by atoms with van der Waals surface area (Å²) in [6.07, 6.45) is 4.14. The number of aliphatic imine (C=N–C) groups is 1. The Bertz CT molecular complexity index is 435. The van der Waals surface area contributed by atoms with Crippen molar-refractivity contribution in [3.05, 3.63) is 24.4 Å². The molecule has 2 N–H and O–H groups in total. The average molecular weight is 293 g/mol. The van der Waals surface area contributed by atoms with Crippen LogP contribution in [0.2, 0.25) is 0 Å². The molecule has 5 heteroatoms. The van der Waals surface area contributed by atoms with Gasteiger partial charge < -0.3 is 10.6 Å². The number of allylic oxidation sites excluding steroid dienone is 1. The fraction of sp³-hybridized carbons (Fsp3) is 0.562. The Morgan fingerprint density at radius 3 is 1.90 bits per heavy atom. The number of rotatable bonds is 7. The van der Waals surface area contributed by atoms with Gasteiger partial charge in [0, 0.05) is 25.6 Å². The molecule has 0 spiro atoms. The van der Waals surface area contributed by atoms with Crippen molar-refractivity contribution in [2.24, 2.45) is 16.8 Å². The van der Waals surface area contributed by atoms with Crippen molar-refractivity contribution >= 4 is 17.6 Å². The summed E-state index contributed by atoms with van der Waals surface area (Å²) >= 11 is 0. The van der Waals surface area contributed by atoms with E-state index in [2.05, 4.69) is 22.2 Å². The van der Waals surface area contributed by atoms with E-state index in [-0.39, 0.29) is 17.7 Å². The minimum atomic E-state index is -0.0790. The van der Waals surface area contributed by atoms with E-state index in [1.807, 2.05) is 27.7 Å². The molecule has 0 radical (unpaired) electrons. The highest BCUT2D eigenvalue weighted by atomic mass is 16.2. The number of amidine groups is 1. The van der Waals surface area contributed by atoms with E-state index < -0.39 is 0 Å². The lowest BCUT2D eigenvalue weighted by atomic mass is 10.1. The molecule has 0 atom stereocenters. The van der Waals surface area contributed by atoms with Gasteiger partial charge in [0.1, 0.15) is 5.84 Å². The van der Waals surface area contributed by atoms with E-state index in [4.69, 9.17) is 0 Å². The van der Waals surface area contributed by atoms with Crippen LogP contribution >= 0.6 is 0 Å². The first kappa shape index (κ1) is 19.1. The standard InChI is InChI=1S/C16H27N3O2/c1-11(2)9-15(20)18-13(5)7-8-14(17-6)19-16(21)10-12(3)4/h7-8,11-12H,5,9-10H2,1-4,6H3,(H,18,20)(H,17,19,21)/b8-7-. The molecular weight excluding hydrogens is 266 g/mol. The van der Waals surface area contributed by atoms with Crippen molar-refractivity contribution in [2.45, 2.75) is 40.5 Å². The zero-order chi connectivity index (χ0) is 16.4. The number of amides is 2. The number of hydrogen-bond donors (Lipinski definition) is 2. The maximum atomic E-state index is 11.6. The van der Waals surface area contributed by atoms with Crippen molar-refractivity contribution < 1.29 is 9.59 Å². The molecule has 0 aliphatic heterocycles. The van der Waals surface area contributed by atoms with Crippen LogP contribution in [0.3, 0.4) is 0 Å². The predicted molar refractivity (Wildman–Crippen MR) is 86.8 cm³/mol. The molecule has 0 saturated carbocycles. The van der Waals surface area contributed by atoms with Crippen LogP contribution in [0.15, 0.2) is 29.4 Å². The minimum Gasteiger partial charge on any atom is -0.327 e. The molecule has 0 heterocycles. The number of nitrogens with zero attached hydrogens (tertiary/aromatic N) is 1. The van der Waals surface area contributed by atoms with Gasteiger partial charge >= 0.3 is 0 Å². The van der Waals surface area contributed by atoms with Gasteiger partial charge in [-0.25, -0.2) is 0 Å². The van der Waals surface area contributed by atoms with Gasteiger partial charge in [0.2, 0.25) is 11.8 Å². The van der Waals surface area contributed by atoms with Gasteiger partial charge in [-0.3, -0.25) is 14.6 Å². The molecule has 0 fully saturated rings. The highest BCUT2D eigenvalue weighted by Crippen LogP contribution is 2.00. The van der Waals surface area contributed by atoms with Crippen LogP contribution in [0.5, 0.6) is 0 Å². The quantitative estimate of drug-likeness (QED) is 0.430. The maximum absolute atomic E-state index is 11.6. The molecule has 0 rings (SSSR count). The summed E-state index contributed by atoms with van der Waals surface area (Å²) in [7, 11) is 1.59. The molecule has 0 saturated heterocycles. The summed E-state index contributed by atoms with van der Waals surface area (Å²) in [6, 6.07) is 0. The van der Waals surface area contributed by atoms with E-state index in [0.29, 0.717) is 30.3 Å². The predicted octanol–water partition coefficient (Wildman–Crippen LogP) is 2.41. The molecule has 0 aromatic carbocycles. The second-order valence-corrected chi connectivity index (χ2v) is 5.76. The molecule has 118 valence electrons. The molecule has 0 aromatic rings. The lowest BCUT2D eigenvalue weighted by Crippen LogP contribution is -2.30. The van der Waals surface area contributed by atoms with Gasteiger partial charge in [-0.1, -0.05) is 34.3 Å². The second-order valence-electron chi connectivity index (χ2n) is 5.76. The highest BCUT2D eigenvalue weighted by molar-refractivity contribution is 6.04. The van der Waals surface area contributed by atoms with Crippen LogP contribution in [-0.2, 0) is 9.59 Å². The van der Waals surface area contributed by atoms with E-state index in [0.717, 1.165) is 0 Å². The van der Waals surface area contributed by atoms with Crippen LogP contribution in [0.1, 0.15) is 40.5 Å². The van der Waals surface area contributed by atoms with Crippen LogP contribution < -0.4 is 10.6 Å². The first-order chi connectivity index (χ1) is 9.74. The van der Waals surface area contributed by atoms with E-state index in [1.165, 1.54) is 0 Å². The summed E-state index contributed by atoms with van der Waals surface area (Å²) in [5, 5.41) is 5.40. The number of nitrogens with one attached hydrogen (secondary N) is 2. The molecule has 0 unspecified atom stereocenters. The number of carbonyl (C=O) groups excluding carboxylic acids is 2. The normalized spacial score (nSPS) is 12.0. The van der Waals surface area contributed by atoms with Gasteiger partial charge in [0.25, 0.3) is 0 Å². The molecule has 21 heavy (non-hydrogen) atoms. The lowest BCUT2D eigenvalue weighted by Gasteiger charge is -2.08. The molecule has 0 aliphatic rings. The Morgan fingerprint density at radius 2 is 1.48 bits per heavy atom. The van der Waals surface area contributed by atoms with Crippen molar-refractivity contribution in [1.29, 1.82) is 0 Å². The van der Waals surface area contributed by atoms with Gasteiger partial charge in [-0.2, -0.15) is 0 Å². The highest BCUT2D eigenvalue weighted by Gasteiger charge is 2.07. The van der Waals surface area contributed by atoms with Gasteiger partial charge in [0.05, 0.1) is 0 Å².